The Morgan fingerprint density at radius 2 is 2.14 bits per heavy atom. The SMILES string of the molecule is CC(=O)Nc1sc2ccccc2c1O. The molecule has 0 fully saturated rings. The number of amides is 1. The second-order valence-electron chi connectivity index (χ2n) is 2.96. The number of anilines is 1. The summed E-state index contributed by atoms with van der Waals surface area (Å²) < 4.78 is 0.966. The monoisotopic (exact) mass is 207 g/mol. The summed E-state index contributed by atoms with van der Waals surface area (Å²) in [5.74, 6) is -0.0207. The molecule has 3 nitrogen and oxygen atoms in total. The lowest BCUT2D eigenvalue weighted by atomic mass is 10.2. The van der Waals surface area contributed by atoms with Crippen LogP contribution in [0, 0.1) is 0 Å². The highest BCUT2D eigenvalue weighted by Gasteiger charge is 2.10. The zero-order chi connectivity index (χ0) is 10.1. The molecule has 2 rings (SSSR count). The Balaban J connectivity index is 2.57. The van der Waals surface area contributed by atoms with Crippen molar-refractivity contribution < 1.29 is 9.90 Å². The van der Waals surface area contributed by atoms with E-state index in [0.717, 1.165) is 10.1 Å². The lowest BCUT2D eigenvalue weighted by Crippen LogP contribution is -2.03. The van der Waals surface area contributed by atoms with Gasteiger partial charge in [-0.2, -0.15) is 0 Å². The number of carbonyl (C=O) groups excluding carboxylic acids is 1. The molecule has 0 aliphatic heterocycles. The van der Waals surface area contributed by atoms with Crippen molar-refractivity contribution in [2.24, 2.45) is 0 Å². The molecule has 0 spiro atoms. The van der Waals surface area contributed by atoms with Crippen LogP contribution < -0.4 is 5.32 Å². The van der Waals surface area contributed by atoms with Gasteiger partial charge in [0.2, 0.25) is 5.91 Å². The number of fused-ring (bicyclic) bond motifs is 1. The summed E-state index contributed by atoms with van der Waals surface area (Å²) in [6.07, 6.45) is 0. The zero-order valence-corrected chi connectivity index (χ0v) is 8.39. The molecule has 0 unspecified atom stereocenters. The van der Waals surface area contributed by atoms with E-state index in [4.69, 9.17) is 0 Å². The lowest BCUT2D eigenvalue weighted by molar-refractivity contribution is -0.114. The van der Waals surface area contributed by atoms with E-state index in [-0.39, 0.29) is 11.7 Å². The van der Waals surface area contributed by atoms with Gasteiger partial charge >= 0.3 is 0 Å². The Labute approximate surface area is 85.0 Å². The average Bonchev–Trinajstić information content (AvgIpc) is 2.44. The average molecular weight is 207 g/mol. The van der Waals surface area contributed by atoms with Crippen LogP contribution in [0.3, 0.4) is 0 Å². The van der Waals surface area contributed by atoms with Gasteiger partial charge in [0.05, 0.1) is 0 Å². The van der Waals surface area contributed by atoms with Crippen LogP contribution in [0.25, 0.3) is 10.1 Å². The number of hydrogen-bond donors (Lipinski definition) is 2. The highest BCUT2D eigenvalue weighted by atomic mass is 32.1. The Kier molecular flexibility index (Phi) is 2.13. The predicted octanol–water partition coefficient (Wildman–Crippen LogP) is 2.57. The topological polar surface area (TPSA) is 49.3 Å². The molecule has 0 saturated heterocycles. The zero-order valence-electron chi connectivity index (χ0n) is 7.57. The Morgan fingerprint density at radius 1 is 1.43 bits per heavy atom. The van der Waals surface area contributed by atoms with Gasteiger partial charge in [0.15, 0.2) is 5.75 Å². The van der Waals surface area contributed by atoms with Crippen LogP contribution in [0.15, 0.2) is 24.3 Å². The quantitative estimate of drug-likeness (QED) is 0.755. The molecule has 0 saturated carbocycles. The Hall–Kier alpha value is -1.55. The largest absolute Gasteiger partial charge is 0.504 e. The predicted molar refractivity (Wildman–Crippen MR) is 57.8 cm³/mol. The van der Waals surface area contributed by atoms with E-state index in [1.165, 1.54) is 18.3 Å². The normalized spacial score (nSPS) is 10.4. The molecule has 2 aromatic rings. The van der Waals surface area contributed by atoms with E-state index in [0.29, 0.717) is 5.00 Å². The second-order valence-corrected chi connectivity index (χ2v) is 4.01. The Bertz CT molecular complexity index is 490. The summed E-state index contributed by atoms with van der Waals surface area (Å²) in [6.45, 7) is 1.42. The van der Waals surface area contributed by atoms with Crippen molar-refractivity contribution >= 4 is 32.3 Å². The van der Waals surface area contributed by atoms with Crippen LogP contribution in [-0.2, 0) is 4.79 Å². The van der Waals surface area contributed by atoms with Gasteiger partial charge < -0.3 is 10.4 Å². The maximum absolute atomic E-state index is 10.8. The number of rotatable bonds is 1. The first-order chi connectivity index (χ1) is 6.68. The Morgan fingerprint density at radius 3 is 2.79 bits per heavy atom. The fourth-order valence-corrected chi connectivity index (χ4v) is 2.32. The van der Waals surface area contributed by atoms with E-state index in [1.54, 1.807) is 0 Å². The standard InChI is InChI=1S/C10H9NO2S/c1-6(12)11-10-9(13)7-4-2-3-5-8(7)14-10/h2-5,13H,1H3,(H,11,12). The van der Waals surface area contributed by atoms with E-state index >= 15 is 0 Å². The van der Waals surface area contributed by atoms with Crippen molar-refractivity contribution in [3.8, 4) is 5.75 Å². The van der Waals surface area contributed by atoms with Crippen LogP contribution in [0.1, 0.15) is 6.92 Å². The van der Waals surface area contributed by atoms with E-state index in [9.17, 15) is 9.90 Å². The summed E-state index contributed by atoms with van der Waals surface area (Å²) in [6, 6.07) is 7.49. The molecule has 0 aliphatic rings. The van der Waals surface area contributed by atoms with Gasteiger partial charge in [-0.05, 0) is 12.1 Å². The van der Waals surface area contributed by atoms with Crippen molar-refractivity contribution in [1.29, 1.82) is 0 Å². The maximum Gasteiger partial charge on any atom is 0.221 e. The third kappa shape index (κ3) is 1.44. The van der Waals surface area contributed by atoms with Gasteiger partial charge in [-0.3, -0.25) is 4.79 Å². The molecule has 0 atom stereocenters. The van der Waals surface area contributed by atoms with Crippen molar-refractivity contribution in [1.82, 2.24) is 0 Å². The first-order valence-electron chi connectivity index (χ1n) is 4.16. The minimum absolute atomic E-state index is 0.154. The smallest absolute Gasteiger partial charge is 0.221 e. The first kappa shape index (κ1) is 9.02. The fourth-order valence-electron chi connectivity index (χ4n) is 1.28. The molecular formula is C10H9NO2S. The van der Waals surface area contributed by atoms with Gasteiger partial charge in [0.25, 0.3) is 0 Å². The summed E-state index contributed by atoms with van der Waals surface area (Å²) >= 11 is 1.37. The van der Waals surface area contributed by atoms with Gasteiger partial charge in [-0.15, -0.1) is 11.3 Å². The van der Waals surface area contributed by atoms with E-state index in [2.05, 4.69) is 5.32 Å². The van der Waals surface area contributed by atoms with Crippen molar-refractivity contribution in [2.45, 2.75) is 6.92 Å². The molecule has 4 heteroatoms. The molecule has 0 bridgehead atoms. The van der Waals surface area contributed by atoms with Crippen LogP contribution in [-0.4, -0.2) is 11.0 Å². The van der Waals surface area contributed by atoms with Crippen LogP contribution in [0.2, 0.25) is 0 Å². The molecule has 1 amide bonds. The van der Waals surface area contributed by atoms with Crippen molar-refractivity contribution in [3.05, 3.63) is 24.3 Å². The molecule has 0 radical (unpaired) electrons. The minimum Gasteiger partial charge on any atom is -0.504 e. The highest BCUT2D eigenvalue weighted by molar-refractivity contribution is 7.23. The van der Waals surface area contributed by atoms with Crippen LogP contribution in [0.5, 0.6) is 5.75 Å². The number of carbonyl (C=O) groups is 1. The summed E-state index contributed by atoms with van der Waals surface area (Å²) in [4.78, 5) is 10.8. The molecule has 72 valence electrons. The summed E-state index contributed by atoms with van der Waals surface area (Å²) in [5.41, 5.74) is 0. The van der Waals surface area contributed by atoms with Gasteiger partial charge in [0.1, 0.15) is 5.00 Å². The van der Waals surface area contributed by atoms with Crippen molar-refractivity contribution in [3.63, 3.8) is 0 Å². The maximum atomic E-state index is 10.8. The molecular weight excluding hydrogens is 198 g/mol. The molecule has 0 aliphatic carbocycles. The molecule has 1 heterocycles. The van der Waals surface area contributed by atoms with E-state index < -0.39 is 0 Å². The van der Waals surface area contributed by atoms with Crippen LogP contribution >= 0.6 is 11.3 Å². The van der Waals surface area contributed by atoms with Crippen LogP contribution in [0.4, 0.5) is 5.00 Å². The molecule has 1 aromatic heterocycles. The molecule has 1 aromatic carbocycles. The molecule has 2 N–H and O–H groups in total. The number of aromatic hydroxyl groups is 1. The van der Waals surface area contributed by atoms with Gasteiger partial charge in [-0.25, -0.2) is 0 Å². The number of hydrogen-bond acceptors (Lipinski definition) is 3. The minimum atomic E-state index is -0.174. The third-order valence-electron chi connectivity index (χ3n) is 1.86. The highest BCUT2D eigenvalue weighted by Crippen LogP contribution is 2.40. The van der Waals surface area contributed by atoms with Gasteiger partial charge in [-0.1, -0.05) is 12.1 Å². The first-order valence-corrected chi connectivity index (χ1v) is 4.98. The molecule has 14 heavy (non-hydrogen) atoms. The lowest BCUT2D eigenvalue weighted by Gasteiger charge is -1.96. The van der Waals surface area contributed by atoms with Gasteiger partial charge in [0, 0.05) is 17.0 Å². The number of thiophene rings is 1. The number of nitrogens with one attached hydrogen (secondary N) is 1. The van der Waals surface area contributed by atoms with Crippen molar-refractivity contribution in [2.75, 3.05) is 5.32 Å². The summed E-state index contributed by atoms with van der Waals surface area (Å²) in [5, 5.41) is 13.6. The summed E-state index contributed by atoms with van der Waals surface area (Å²) in [7, 11) is 0. The van der Waals surface area contributed by atoms with E-state index in [1.807, 2.05) is 24.3 Å². The number of benzene rings is 1. The fraction of sp³-hybridized carbons (Fsp3) is 0.100. The second kappa shape index (κ2) is 3.31. The third-order valence-corrected chi connectivity index (χ3v) is 2.93.